The van der Waals surface area contributed by atoms with Crippen LogP contribution in [0.4, 0.5) is 17.1 Å². The standard InChI is InChI=1S/C19H16N2O3.C2H7N/c22-21(23)18-8-4-5-9-19(18)24-14-15-10-12-17(13-11-15)20-16-6-2-1-3-7-16;1-3-2/h1-13,20H,14H2;3H,1-2H3. The van der Waals surface area contributed by atoms with Crippen molar-refractivity contribution < 1.29 is 9.66 Å². The largest absolute Gasteiger partial charge is 0.482 e. The molecule has 0 saturated heterocycles. The second-order valence-corrected chi connectivity index (χ2v) is 5.70. The third-order valence-electron chi connectivity index (χ3n) is 3.47. The fourth-order valence-corrected chi connectivity index (χ4v) is 2.26. The second kappa shape index (κ2) is 10.6. The van der Waals surface area contributed by atoms with E-state index in [0.717, 1.165) is 16.9 Å². The van der Waals surface area contributed by atoms with Crippen LogP contribution in [0, 0.1) is 10.1 Å². The molecule has 0 aliphatic carbocycles. The van der Waals surface area contributed by atoms with Gasteiger partial charge in [-0.2, -0.15) is 0 Å². The number of anilines is 2. The van der Waals surface area contributed by atoms with E-state index in [1.54, 1.807) is 18.2 Å². The van der Waals surface area contributed by atoms with Gasteiger partial charge < -0.3 is 15.4 Å². The van der Waals surface area contributed by atoms with E-state index in [4.69, 9.17) is 4.74 Å². The summed E-state index contributed by atoms with van der Waals surface area (Å²) in [5, 5.41) is 17.0. The molecule has 0 amide bonds. The summed E-state index contributed by atoms with van der Waals surface area (Å²) < 4.78 is 5.58. The minimum atomic E-state index is -0.442. The van der Waals surface area contributed by atoms with Crippen molar-refractivity contribution in [1.29, 1.82) is 0 Å². The quantitative estimate of drug-likeness (QED) is 0.487. The number of hydrogen-bond acceptors (Lipinski definition) is 5. The van der Waals surface area contributed by atoms with E-state index in [-0.39, 0.29) is 18.0 Å². The summed E-state index contributed by atoms with van der Waals surface area (Å²) in [7, 11) is 3.75. The fraction of sp³-hybridized carbons (Fsp3) is 0.143. The van der Waals surface area contributed by atoms with Crippen molar-refractivity contribution in [1.82, 2.24) is 5.32 Å². The predicted molar refractivity (Wildman–Crippen MR) is 109 cm³/mol. The highest BCUT2D eigenvalue weighted by atomic mass is 16.6. The Labute approximate surface area is 159 Å². The number of benzene rings is 3. The molecule has 2 N–H and O–H groups in total. The number of ether oxygens (including phenoxy) is 1. The molecule has 6 heteroatoms. The molecule has 3 rings (SSSR count). The fourth-order valence-electron chi connectivity index (χ4n) is 2.26. The van der Waals surface area contributed by atoms with Gasteiger partial charge in [0, 0.05) is 17.4 Å². The van der Waals surface area contributed by atoms with Crippen LogP contribution in [0.15, 0.2) is 78.9 Å². The van der Waals surface area contributed by atoms with Crippen LogP contribution in [-0.4, -0.2) is 19.0 Å². The maximum Gasteiger partial charge on any atom is 0.310 e. The molecular weight excluding hydrogens is 342 g/mol. The highest BCUT2D eigenvalue weighted by molar-refractivity contribution is 5.59. The number of nitro benzene ring substituents is 1. The van der Waals surface area contributed by atoms with Crippen LogP contribution >= 0.6 is 0 Å². The van der Waals surface area contributed by atoms with Crippen molar-refractivity contribution in [2.24, 2.45) is 0 Å². The SMILES string of the molecule is CNC.O=[N+]([O-])c1ccccc1OCc1ccc(Nc2ccccc2)cc1. The smallest absolute Gasteiger partial charge is 0.310 e. The lowest BCUT2D eigenvalue weighted by Crippen LogP contribution is -1.99. The summed E-state index contributed by atoms with van der Waals surface area (Å²) in [5.41, 5.74) is 2.89. The Morgan fingerprint density at radius 2 is 1.41 bits per heavy atom. The Hall–Kier alpha value is -3.38. The number of nitrogens with zero attached hydrogens (tertiary/aromatic N) is 1. The molecule has 0 saturated carbocycles. The van der Waals surface area contributed by atoms with Crippen LogP contribution in [-0.2, 0) is 6.61 Å². The van der Waals surface area contributed by atoms with E-state index in [1.807, 2.05) is 68.7 Å². The van der Waals surface area contributed by atoms with Gasteiger partial charge in [0.15, 0.2) is 5.75 Å². The highest BCUT2D eigenvalue weighted by Crippen LogP contribution is 2.27. The summed E-state index contributed by atoms with van der Waals surface area (Å²) in [6.45, 7) is 0.274. The molecule has 27 heavy (non-hydrogen) atoms. The average Bonchev–Trinajstić information content (AvgIpc) is 2.69. The zero-order valence-electron chi connectivity index (χ0n) is 15.4. The third kappa shape index (κ3) is 6.45. The van der Waals surface area contributed by atoms with Gasteiger partial charge in [-0.1, -0.05) is 42.5 Å². The van der Waals surface area contributed by atoms with Gasteiger partial charge in [0.05, 0.1) is 4.92 Å². The van der Waals surface area contributed by atoms with E-state index >= 15 is 0 Å². The Morgan fingerprint density at radius 3 is 2.04 bits per heavy atom. The van der Waals surface area contributed by atoms with Gasteiger partial charge in [0.1, 0.15) is 6.61 Å². The van der Waals surface area contributed by atoms with Gasteiger partial charge >= 0.3 is 5.69 Å². The molecule has 0 unspecified atom stereocenters. The van der Waals surface area contributed by atoms with Gasteiger partial charge in [-0.3, -0.25) is 10.1 Å². The predicted octanol–water partition coefficient (Wildman–Crippen LogP) is 4.75. The molecule has 0 aromatic heterocycles. The molecular formula is C21H23N3O3. The van der Waals surface area contributed by atoms with Crippen LogP contribution in [0.5, 0.6) is 5.75 Å². The molecule has 0 fully saturated rings. The molecule has 0 spiro atoms. The van der Waals surface area contributed by atoms with E-state index in [2.05, 4.69) is 10.6 Å². The highest BCUT2D eigenvalue weighted by Gasteiger charge is 2.13. The first-order chi connectivity index (χ1) is 13.1. The molecule has 6 nitrogen and oxygen atoms in total. The summed E-state index contributed by atoms with van der Waals surface area (Å²) in [6, 6.07) is 24.0. The van der Waals surface area contributed by atoms with Gasteiger partial charge in [-0.15, -0.1) is 0 Å². The number of nitro groups is 1. The molecule has 0 aliphatic rings. The lowest BCUT2D eigenvalue weighted by molar-refractivity contribution is -0.385. The van der Waals surface area contributed by atoms with E-state index in [9.17, 15) is 10.1 Å². The molecule has 0 bridgehead atoms. The van der Waals surface area contributed by atoms with Crippen LogP contribution in [0.1, 0.15) is 5.56 Å². The minimum Gasteiger partial charge on any atom is -0.482 e. The van der Waals surface area contributed by atoms with Crippen molar-refractivity contribution in [2.45, 2.75) is 6.61 Å². The first-order valence-electron chi connectivity index (χ1n) is 8.49. The topological polar surface area (TPSA) is 76.4 Å². The van der Waals surface area contributed by atoms with E-state index < -0.39 is 4.92 Å². The summed E-state index contributed by atoms with van der Waals surface area (Å²) in [4.78, 5) is 10.5. The van der Waals surface area contributed by atoms with Gasteiger partial charge in [0.25, 0.3) is 0 Å². The lowest BCUT2D eigenvalue weighted by atomic mass is 10.2. The van der Waals surface area contributed by atoms with Gasteiger partial charge in [-0.05, 0) is 50.0 Å². The summed E-state index contributed by atoms with van der Waals surface area (Å²) in [5.74, 6) is 0.272. The van der Waals surface area contributed by atoms with Crippen molar-refractivity contribution in [2.75, 3.05) is 19.4 Å². The molecule has 0 aliphatic heterocycles. The van der Waals surface area contributed by atoms with Crippen molar-refractivity contribution in [3.63, 3.8) is 0 Å². The Bertz CT molecular complexity index is 837. The first-order valence-corrected chi connectivity index (χ1v) is 8.49. The summed E-state index contributed by atoms with van der Waals surface area (Å²) >= 11 is 0. The van der Waals surface area contributed by atoms with Gasteiger partial charge in [0.2, 0.25) is 0 Å². The summed E-state index contributed by atoms with van der Waals surface area (Å²) in [6.07, 6.45) is 0. The number of hydrogen-bond donors (Lipinski definition) is 2. The zero-order chi connectivity index (χ0) is 19.5. The maximum absolute atomic E-state index is 11.0. The van der Waals surface area contributed by atoms with Crippen molar-refractivity contribution in [3.8, 4) is 5.75 Å². The Kier molecular flexibility index (Phi) is 7.81. The van der Waals surface area contributed by atoms with Crippen LogP contribution < -0.4 is 15.4 Å². The van der Waals surface area contributed by atoms with Crippen molar-refractivity contribution >= 4 is 17.1 Å². The van der Waals surface area contributed by atoms with Crippen LogP contribution in [0.2, 0.25) is 0 Å². The molecule has 140 valence electrons. The average molecular weight is 365 g/mol. The van der Waals surface area contributed by atoms with E-state index in [0.29, 0.717) is 0 Å². The van der Waals surface area contributed by atoms with Crippen LogP contribution in [0.3, 0.4) is 0 Å². The Balaban J connectivity index is 0.000000817. The number of nitrogens with one attached hydrogen (secondary N) is 2. The molecule has 0 heterocycles. The van der Waals surface area contributed by atoms with Gasteiger partial charge in [-0.25, -0.2) is 0 Å². The lowest BCUT2D eigenvalue weighted by Gasteiger charge is -2.09. The number of para-hydroxylation sites is 3. The number of rotatable bonds is 6. The third-order valence-corrected chi connectivity index (χ3v) is 3.47. The van der Waals surface area contributed by atoms with Crippen molar-refractivity contribution in [3.05, 3.63) is 94.5 Å². The molecule has 0 radical (unpaired) electrons. The maximum atomic E-state index is 11.0. The minimum absolute atomic E-state index is 0.0279. The Morgan fingerprint density at radius 1 is 0.852 bits per heavy atom. The molecule has 3 aromatic rings. The monoisotopic (exact) mass is 365 g/mol. The molecule has 0 atom stereocenters. The van der Waals surface area contributed by atoms with E-state index in [1.165, 1.54) is 6.07 Å². The zero-order valence-corrected chi connectivity index (χ0v) is 15.4. The first kappa shape index (κ1) is 19.9. The van der Waals surface area contributed by atoms with Crippen LogP contribution in [0.25, 0.3) is 0 Å². The normalized spacial score (nSPS) is 9.70. The molecule has 3 aromatic carbocycles. The second-order valence-electron chi connectivity index (χ2n) is 5.70.